The lowest BCUT2D eigenvalue weighted by Crippen LogP contribution is -2.27. The van der Waals surface area contributed by atoms with Crippen molar-refractivity contribution in [1.29, 1.82) is 0 Å². The van der Waals surface area contributed by atoms with Crippen LogP contribution in [-0.2, 0) is 27.9 Å². The monoisotopic (exact) mass is 759 g/mol. The van der Waals surface area contributed by atoms with Crippen molar-refractivity contribution >= 4 is 19.7 Å². The Hall–Kier alpha value is -3.07. The van der Waals surface area contributed by atoms with Crippen LogP contribution < -0.4 is 5.32 Å². The number of hydrogen-bond donors (Lipinski definition) is 3. The highest BCUT2D eigenvalue weighted by Gasteiger charge is 2.23. The first kappa shape index (κ1) is 49.9. The highest BCUT2D eigenvalue weighted by Crippen LogP contribution is 2.42. The molecule has 53 heavy (non-hydrogen) atoms. The van der Waals surface area contributed by atoms with Crippen LogP contribution in [0.5, 0.6) is 0 Å². The predicted molar refractivity (Wildman–Crippen MR) is 219 cm³/mol. The molecule has 0 spiro atoms. The number of rotatable bonds is 35. The maximum atomic E-state index is 12.1. The van der Waals surface area contributed by atoms with Crippen molar-refractivity contribution in [3.8, 4) is 0 Å². The molecule has 0 rings (SSSR count). The molecule has 300 valence electrons. The largest absolute Gasteiger partial charge is 0.472 e. The number of aliphatic hydroxyl groups is 1. The fourth-order valence-electron chi connectivity index (χ4n) is 4.59. The van der Waals surface area contributed by atoms with E-state index in [4.69, 9.17) is 13.8 Å². The Morgan fingerprint density at radius 3 is 1.49 bits per heavy atom. The van der Waals surface area contributed by atoms with E-state index in [1.54, 1.807) is 0 Å². The van der Waals surface area contributed by atoms with Gasteiger partial charge in [0.1, 0.15) is 12.7 Å². The summed E-state index contributed by atoms with van der Waals surface area (Å²) >= 11 is 0. The van der Waals surface area contributed by atoms with Crippen LogP contribution in [0.15, 0.2) is 97.2 Å². The number of carbonyl (C=O) groups excluding carboxylic acids is 2. The van der Waals surface area contributed by atoms with Crippen molar-refractivity contribution in [2.24, 2.45) is 0 Å². The third-order valence-electron chi connectivity index (χ3n) is 7.51. The zero-order valence-corrected chi connectivity index (χ0v) is 33.6. The zero-order chi connectivity index (χ0) is 38.9. The zero-order valence-electron chi connectivity index (χ0n) is 32.7. The van der Waals surface area contributed by atoms with Crippen molar-refractivity contribution < 1.29 is 37.9 Å². The molecule has 0 aliphatic carbocycles. The molecule has 0 aromatic heterocycles. The van der Waals surface area contributed by atoms with Gasteiger partial charge in [-0.15, -0.1) is 0 Å². The van der Waals surface area contributed by atoms with Gasteiger partial charge in [-0.2, -0.15) is 0 Å². The normalized spacial score (nSPS) is 14.4. The molecule has 0 aliphatic heterocycles. The SMILES string of the molecule is CC/C=C\C/C=C\C/C=C\C/C=C\C/C=C\CCCCCC(=O)OCC(O)COP(=O)(O)OCCNC(=O)CCCCC/C=C\C/C=C\C/C=C\CC. The van der Waals surface area contributed by atoms with Gasteiger partial charge in [0.25, 0.3) is 0 Å². The van der Waals surface area contributed by atoms with Crippen LogP contribution >= 0.6 is 7.82 Å². The second-order valence-electron chi connectivity index (χ2n) is 12.5. The van der Waals surface area contributed by atoms with E-state index in [0.29, 0.717) is 12.8 Å². The molecule has 0 aromatic rings. The summed E-state index contributed by atoms with van der Waals surface area (Å²) in [6.07, 6.45) is 49.1. The standard InChI is InChI=1S/C43H70NO8P/c1-3-5-7-9-11-13-15-17-18-19-20-21-22-24-26-28-30-32-34-36-43(47)50-39-41(45)40-52-53(48,49)51-38-37-44-42(46)35-33-31-29-27-25-23-16-14-12-10-8-6-4-2/h5-8,11-14,17-18,20-21,23-26,41,45H,3-4,9-10,15-16,19,22,27-40H2,1-2H3,(H,44,46)(H,48,49)/b7-5-,8-6-,13-11-,14-12-,18-17-,21-20-,25-23-,26-24-. The van der Waals surface area contributed by atoms with Crippen molar-refractivity contribution in [3.63, 3.8) is 0 Å². The van der Waals surface area contributed by atoms with Crippen molar-refractivity contribution in [2.45, 2.75) is 136 Å². The molecule has 2 atom stereocenters. The second-order valence-corrected chi connectivity index (χ2v) is 13.9. The van der Waals surface area contributed by atoms with Crippen LogP contribution in [0.1, 0.15) is 129 Å². The maximum absolute atomic E-state index is 12.1. The van der Waals surface area contributed by atoms with E-state index < -0.39 is 26.5 Å². The molecule has 0 bridgehead atoms. The molecule has 2 unspecified atom stereocenters. The number of hydrogen-bond acceptors (Lipinski definition) is 7. The number of carbonyl (C=O) groups is 2. The molecule has 0 aromatic carbocycles. The van der Waals surface area contributed by atoms with E-state index in [-0.39, 0.29) is 32.1 Å². The lowest BCUT2D eigenvalue weighted by molar-refractivity contribution is -0.147. The van der Waals surface area contributed by atoms with Crippen LogP contribution in [0, 0.1) is 0 Å². The number of nitrogens with one attached hydrogen (secondary N) is 1. The van der Waals surface area contributed by atoms with E-state index >= 15 is 0 Å². The van der Waals surface area contributed by atoms with Gasteiger partial charge in [-0.05, 0) is 89.9 Å². The average Bonchev–Trinajstić information content (AvgIpc) is 3.14. The van der Waals surface area contributed by atoms with Crippen LogP contribution in [0.2, 0.25) is 0 Å². The molecule has 0 radical (unpaired) electrons. The van der Waals surface area contributed by atoms with E-state index in [2.05, 4.69) is 116 Å². The summed E-state index contributed by atoms with van der Waals surface area (Å²) in [6.45, 7) is 3.21. The summed E-state index contributed by atoms with van der Waals surface area (Å²) in [7, 11) is -4.44. The van der Waals surface area contributed by atoms with Gasteiger partial charge in [0.15, 0.2) is 0 Å². The first-order chi connectivity index (χ1) is 25.8. The number of aliphatic hydroxyl groups excluding tert-OH is 1. The number of unbranched alkanes of at least 4 members (excludes halogenated alkanes) is 6. The van der Waals surface area contributed by atoms with Gasteiger partial charge >= 0.3 is 13.8 Å². The average molecular weight is 760 g/mol. The van der Waals surface area contributed by atoms with E-state index in [9.17, 15) is 24.2 Å². The van der Waals surface area contributed by atoms with Gasteiger partial charge in [-0.25, -0.2) is 4.57 Å². The Balaban J connectivity index is 3.75. The lowest BCUT2D eigenvalue weighted by atomic mass is 10.1. The van der Waals surface area contributed by atoms with Crippen molar-refractivity contribution in [1.82, 2.24) is 5.32 Å². The van der Waals surface area contributed by atoms with Gasteiger partial charge in [-0.1, -0.05) is 124 Å². The fraction of sp³-hybridized carbons (Fsp3) is 0.581. The van der Waals surface area contributed by atoms with Crippen LogP contribution in [0.4, 0.5) is 0 Å². The summed E-state index contributed by atoms with van der Waals surface area (Å²) in [4.78, 5) is 33.8. The molecule has 0 saturated heterocycles. The molecule has 9 nitrogen and oxygen atoms in total. The highest BCUT2D eigenvalue weighted by atomic mass is 31.2. The summed E-state index contributed by atoms with van der Waals surface area (Å²) < 4.78 is 26.8. The minimum absolute atomic E-state index is 0.0553. The highest BCUT2D eigenvalue weighted by molar-refractivity contribution is 7.47. The predicted octanol–water partition coefficient (Wildman–Crippen LogP) is 10.7. The van der Waals surface area contributed by atoms with Gasteiger partial charge < -0.3 is 20.1 Å². The minimum Gasteiger partial charge on any atom is -0.463 e. The Kier molecular flexibility index (Phi) is 36.4. The van der Waals surface area contributed by atoms with E-state index in [0.717, 1.165) is 96.3 Å². The third-order valence-corrected chi connectivity index (χ3v) is 8.49. The molecule has 0 heterocycles. The molecule has 3 N–H and O–H groups in total. The lowest BCUT2D eigenvalue weighted by Gasteiger charge is -2.15. The number of phosphoric acid groups is 1. The first-order valence-corrected chi connectivity index (χ1v) is 21.2. The molecule has 0 fully saturated rings. The van der Waals surface area contributed by atoms with Crippen LogP contribution in [0.25, 0.3) is 0 Å². The maximum Gasteiger partial charge on any atom is 0.472 e. The van der Waals surface area contributed by atoms with E-state index in [1.165, 1.54) is 0 Å². The molecule has 10 heteroatoms. The summed E-state index contributed by atoms with van der Waals surface area (Å²) in [5.74, 6) is -0.591. The Labute approximate surface area is 321 Å². The summed E-state index contributed by atoms with van der Waals surface area (Å²) in [5, 5.41) is 12.6. The fourth-order valence-corrected chi connectivity index (χ4v) is 5.35. The number of esters is 1. The molecular weight excluding hydrogens is 689 g/mol. The molecule has 1 amide bonds. The second kappa shape index (κ2) is 38.6. The summed E-state index contributed by atoms with van der Waals surface area (Å²) in [5.41, 5.74) is 0. The molecular formula is C43H70NO8P. The van der Waals surface area contributed by atoms with E-state index in [1.807, 2.05) is 0 Å². The summed E-state index contributed by atoms with van der Waals surface area (Å²) in [6, 6.07) is 0. The number of ether oxygens (including phenoxy) is 1. The number of allylic oxidation sites excluding steroid dienone is 16. The smallest absolute Gasteiger partial charge is 0.463 e. The third kappa shape index (κ3) is 40.0. The molecule has 0 aliphatic rings. The number of amides is 1. The molecule has 0 saturated carbocycles. The van der Waals surface area contributed by atoms with Gasteiger partial charge in [0.2, 0.25) is 5.91 Å². The van der Waals surface area contributed by atoms with Crippen LogP contribution in [-0.4, -0.2) is 54.3 Å². The van der Waals surface area contributed by atoms with Crippen LogP contribution in [0.3, 0.4) is 0 Å². The Bertz CT molecular complexity index is 1180. The topological polar surface area (TPSA) is 131 Å². The minimum atomic E-state index is -4.44. The first-order valence-electron chi connectivity index (χ1n) is 19.7. The number of phosphoric ester groups is 1. The quantitative estimate of drug-likeness (QED) is 0.0252. The van der Waals surface area contributed by atoms with Gasteiger partial charge in [-0.3, -0.25) is 18.6 Å². The van der Waals surface area contributed by atoms with Gasteiger partial charge in [0, 0.05) is 19.4 Å². The Morgan fingerprint density at radius 1 is 0.585 bits per heavy atom. The van der Waals surface area contributed by atoms with Crippen molar-refractivity contribution in [2.75, 3.05) is 26.4 Å². The Morgan fingerprint density at radius 2 is 1.02 bits per heavy atom. The van der Waals surface area contributed by atoms with Gasteiger partial charge in [0.05, 0.1) is 13.2 Å². The van der Waals surface area contributed by atoms with Crippen molar-refractivity contribution in [3.05, 3.63) is 97.2 Å².